The predicted molar refractivity (Wildman–Crippen MR) is 78.6 cm³/mol. The van der Waals surface area contributed by atoms with Crippen molar-refractivity contribution in [3.8, 4) is 0 Å². The molecule has 2 rings (SSSR count). The number of nitrogens with zero attached hydrogens (tertiary/aromatic N) is 1. The van der Waals surface area contributed by atoms with Crippen LogP contribution in [0.3, 0.4) is 0 Å². The molecule has 0 fully saturated rings. The molecule has 2 aromatic rings. The van der Waals surface area contributed by atoms with Gasteiger partial charge in [-0.15, -0.1) is 0 Å². The smallest absolute Gasteiger partial charge is 0.323 e. The van der Waals surface area contributed by atoms with Gasteiger partial charge in [0.25, 0.3) is 0 Å². The van der Waals surface area contributed by atoms with Crippen LogP contribution >= 0.6 is 0 Å². The Kier molecular flexibility index (Phi) is 4.18. The van der Waals surface area contributed by atoms with E-state index in [1.54, 1.807) is 0 Å². The van der Waals surface area contributed by atoms with Crippen LogP contribution < -0.4 is 10.6 Å². The summed E-state index contributed by atoms with van der Waals surface area (Å²) < 4.78 is 0. The molecule has 0 aliphatic carbocycles. The van der Waals surface area contributed by atoms with E-state index in [1.165, 1.54) is 10.5 Å². The molecule has 0 atom stereocenters. The highest BCUT2D eigenvalue weighted by atomic mass is 16.2. The zero-order chi connectivity index (χ0) is 13.7. The van der Waals surface area contributed by atoms with Crippen molar-refractivity contribution in [1.82, 2.24) is 0 Å². The van der Waals surface area contributed by atoms with Crippen molar-refractivity contribution in [3.05, 3.63) is 60.2 Å². The summed E-state index contributed by atoms with van der Waals surface area (Å²) in [5, 5.41) is 0. The summed E-state index contributed by atoms with van der Waals surface area (Å²) in [5.74, 6) is 0. The van der Waals surface area contributed by atoms with Gasteiger partial charge in [0.15, 0.2) is 0 Å². The molecule has 0 heterocycles. The van der Waals surface area contributed by atoms with E-state index in [0.717, 1.165) is 24.2 Å². The van der Waals surface area contributed by atoms with Crippen LogP contribution in [0.4, 0.5) is 16.2 Å². The Labute approximate surface area is 113 Å². The van der Waals surface area contributed by atoms with Gasteiger partial charge in [-0.3, -0.25) is 4.90 Å². The minimum atomic E-state index is -0.477. The zero-order valence-corrected chi connectivity index (χ0v) is 11.0. The first kappa shape index (κ1) is 13.1. The molecule has 0 spiro atoms. The van der Waals surface area contributed by atoms with Gasteiger partial charge < -0.3 is 5.73 Å². The molecule has 2 aromatic carbocycles. The highest BCUT2D eigenvalue weighted by molar-refractivity contribution is 5.98. The number of amides is 2. The SMILES string of the molecule is CCCc1ccc(N(C(N)=O)c2ccccc2)cc1. The first-order valence-corrected chi connectivity index (χ1v) is 6.46. The summed E-state index contributed by atoms with van der Waals surface area (Å²) in [7, 11) is 0. The van der Waals surface area contributed by atoms with E-state index in [9.17, 15) is 4.79 Å². The van der Waals surface area contributed by atoms with Crippen LogP contribution in [0.25, 0.3) is 0 Å². The molecule has 0 aliphatic heterocycles. The fourth-order valence-electron chi connectivity index (χ4n) is 2.08. The van der Waals surface area contributed by atoms with Crippen molar-refractivity contribution >= 4 is 17.4 Å². The van der Waals surface area contributed by atoms with Crippen molar-refractivity contribution < 1.29 is 4.79 Å². The number of benzene rings is 2. The second-order valence-corrected chi connectivity index (χ2v) is 4.43. The number of anilines is 2. The maximum absolute atomic E-state index is 11.7. The van der Waals surface area contributed by atoms with E-state index in [2.05, 4.69) is 6.92 Å². The van der Waals surface area contributed by atoms with Crippen molar-refractivity contribution in [2.75, 3.05) is 4.90 Å². The minimum Gasteiger partial charge on any atom is -0.351 e. The van der Waals surface area contributed by atoms with E-state index in [4.69, 9.17) is 5.73 Å². The monoisotopic (exact) mass is 254 g/mol. The normalized spacial score (nSPS) is 10.2. The number of primary amides is 1. The molecule has 0 aliphatic rings. The van der Waals surface area contributed by atoms with Crippen molar-refractivity contribution in [1.29, 1.82) is 0 Å². The van der Waals surface area contributed by atoms with Crippen LogP contribution in [0.2, 0.25) is 0 Å². The largest absolute Gasteiger partial charge is 0.351 e. The third-order valence-electron chi connectivity index (χ3n) is 2.97. The highest BCUT2D eigenvalue weighted by Crippen LogP contribution is 2.25. The molecule has 0 radical (unpaired) electrons. The van der Waals surface area contributed by atoms with E-state index in [1.807, 2.05) is 54.6 Å². The van der Waals surface area contributed by atoms with Gasteiger partial charge in [0.2, 0.25) is 0 Å². The Hall–Kier alpha value is -2.29. The topological polar surface area (TPSA) is 46.3 Å². The number of nitrogens with two attached hydrogens (primary N) is 1. The second kappa shape index (κ2) is 6.05. The maximum Gasteiger partial charge on any atom is 0.323 e. The summed E-state index contributed by atoms with van der Waals surface area (Å²) in [6.45, 7) is 2.15. The lowest BCUT2D eigenvalue weighted by molar-refractivity contribution is 0.256. The zero-order valence-electron chi connectivity index (χ0n) is 11.0. The van der Waals surface area contributed by atoms with E-state index in [-0.39, 0.29) is 0 Å². The summed E-state index contributed by atoms with van der Waals surface area (Å²) in [4.78, 5) is 13.2. The van der Waals surface area contributed by atoms with Gasteiger partial charge in [-0.05, 0) is 36.2 Å². The summed E-state index contributed by atoms with van der Waals surface area (Å²) >= 11 is 0. The number of para-hydroxylation sites is 1. The predicted octanol–water partition coefficient (Wildman–Crippen LogP) is 3.86. The fraction of sp³-hybridized carbons (Fsp3) is 0.188. The number of carbonyl (C=O) groups excluding carboxylic acids is 1. The van der Waals surface area contributed by atoms with E-state index < -0.39 is 6.03 Å². The van der Waals surface area contributed by atoms with Crippen LogP contribution in [0.1, 0.15) is 18.9 Å². The van der Waals surface area contributed by atoms with Gasteiger partial charge in [0.1, 0.15) is 0 Å². The molecule has 0 unspecified atom stereocenters. The van der Waals surface area contributed by atoms with Crippen LogP contribution in [-0.4, -0.2) is 6.03 Å². The molecule has 98 valence electrons. The second-order valence-electron chi connectivity index (χ2n) is 4.43. The number of hydrogen-bond acceptors (Lipinski definition) is 1. The Morgan fingerprint density at radius 1 is 1.00 bits per heavy atom. The summed E-state index contributed by atoms with van der Waals surface area (Å²) in [5.41, 5.74) is 8.32. The Morgan fingerprint density at radius 2 is 1.58 bits per heavy atom. The molecular weight excluding hydrogens is 236 g/mol. The van der Waals surface area contributed by atoms with Gasteiger partial charge in [-0.2, -0.15) is 0 Å². The molecule has 0 saturated heterocycles. The van der Waals surface area contributed by atoms with E-state index in [0.29, 0.717) is 0 Å². The van der Waals surface area contributed by atoms with Gasteiger partial charge in [0, 0.05) is 0 Å². The molecule has 2 N–H and O–H groups in total. The van der Waals surface area contributed by atoms with Gasteiger partial charge >= 0.3 is 6.03 Å². The average molecular weight is 254 g/mol. The number of rotatable bonds is 4. The minimum absolute atomic E-state index is 0.477. The third-order valence-corrected chi connectivity index (χ3v) is 2.97. The summed E-state index contributed by atoms with van der Waals surface area (Å²) in [6.07, 6.45) is 2.15. The van der Waals surface area contributed by atoms with Crippen LogP contribution in [0.5, 0.6) is 0 Å². The Balaban J connectivity index is 2.32. The van der Waals surface area contributed by atoms with Crippen molar-refractivity contribution in [3.63, 3.8) is 0 Å². The van der Waals surface area contributed by atoms with Crippen molar-refractivity contribution in [2.24, 2.45) is 5.73 Å². The molecule has 3 heteroatoms. The van der Waals surface area contributed by atoms with Gasteiger partial charge in [-0.1, -0.05) is 43.7 Å². The number of carbonyl (C=O) groups is 1. The number of aryl methyl sites for hydroxylation is 1. The number of hydrogen-bond donors (Lipinski definition) is 1. The Morgan fingerprint density at radius 3 is 2.11 bits per heavy atom. The standard InChI is InChI=1S/C16H18N2O/c1-2-6-13-9-11-15(12-10-13)18(16(17)19)14-7-4-3-5-8-14/h3-5,7-12H,2,6H2,1H3,(H2,17,19). The lowest BCUT2D eigenvalue weighted by Crippen LogP contribution is -2.31. The van der Waals surface area contributed by atoms with Gasteiger partial charge in [-0.25, -0.2) is 4.79 Å². The lowest BCUT2D eigenvalue weighted by Gasteiger charge is -2.20. The first-order valence-electron chi connectivity index (χ1n) is 6.46. The van der Waals surface area contributed by atoms with Crippen molar-refractivity contribution in [2.45, 2.75) is 19.8 Å². The van der Waals surface area contributed by atoms with Crippen LogP contribution in [0.15, 0.2) is 54.6 Å². The number of urea groups is 1. The first-order chi connectivity index (χ1) is 9.22. The van der Waals surface area contributed by atoms with Crippen LogP contribution in [-0.2, 0) is 6.42 Å². The quantitative estimate of drug-likeness (QED) is 0.884. The molecule has 2 amide bonds. The molecule has 3 nitrogen and oxygen atoms in total. The highest BCUT2D eigenvalue weighted by Gasteiger charge is 2.14. The molecule has 0 bridgehead atoms. The molecule has 0 saturated carbocycles. The molecule has 0 aromatic heterocycles. The fourth-order valence-corrected chi connectivity index (χ4v) is 2.08. The molecule has 19 heavy (non-hydrogen) atoms. The van der Waals surface area contributed by atoms with Crippen LogP contribution in [0, 0.1) is 0 Å². The maximum atomic E-state index is 11.7. The Bertz CT molecular complexity index is 534. The lowest BCUT2D eigenvalue weighted by atomic mass is 10.1. The van der Waals surface area contributed by atoms with Gasteiger partial charge in [0.05, 0.1) is 11.4 Å². The third kappa shape index (κ3) is 3.13. The van der Waals surface area contributed by atoms with E-state index >= 15 is 0 Å². The average Bonchev–Trinajstić information content (AvgIpc) is 2.42. The summed E-state index contributed by atoms with van der Waals surface area (Å²) in [6, 6.07) is 16.9. The molecular formula is C16H18N2O.